The number of aromatic nitrogens is 2. The second-order valence-electron chi connectivity index (χ2n) is 4.50. The first-order valence-electron chi connectivity index (χ1n) is 5.94. The molecule has 1 aromatic carbocycles. The molecule has 4 heteroatoms. The molecule has 0 unspecified atom stereocenters. The van der Waals surface area contributed by atoms with Crippen molar-refractivity contribution in [2.75, 3.05) is 5.73 Å². The van der Waals surface area contributed by atoms with Gasteiger partial charge in [0, 0.05) is 10.4 Å². The molecule has 88 valence electrons. The van der Waals surface area contributed by atoms with Crippen LogP contribution in [0.4, 0.5) is 5.82 Å². The summed E-state index contributed by atoms with van der Waals surface area (Å²) in [6.07, 6.45) is 3.72. The van der Waals surface area contributed by atoms with Crippen molar-refractivity contribution < 1.29 is 0 Å². The van der Waals surface area contributed by atoms with Gasteiger partial charge in [0.15, 0.2) is 0 Å². The first-order valence-corrected chi connectivity index (χ1v) is 6.76. The minimum absolute atomic E-state index is 0.592. The Bertz CT molecular complexity index is 761. The topological polar surface area (TPSA) is 51.8 Å². The van der Waals surface area contributed by atoms with Gasteiger partial charge < -0.3 is 5.73 Å². The van der Waals surface area contributed by atoms with Crippen LogP contribution in [0.2, 0.25) is 0 Å². The van der Waals surface area contributed by atoms with E-state index in [-0.39, 0.29) is 0 Å². The van der Waals surface area contributed by atoms with Crippen molar-refractivity contribution in [2.24, 2.45) is 0 Å². The van der Waals surface area contributed by atoms with Crippen LogP contribution in [-0.4, -0.2) is 9.97 Å². The normalized spacial score (nSPS) is 13.3. The number of hydrogen-bond acceptors (Lipinski definition) is 4. The Morgan fingerprint density at radius 3 is 2.94 bits per heavy atom. The maximum Gasteiger partial charge on any atom is 0.136 e. The highest BCUT2D eigenvalue weighted by molar-refractivity contribution is 7.19. The van der Waals surface area contributed by atoms with Crippen molar-refractivity contribution in [3.63, 3.8) is 0 Å². The van der Waals surface area contributed by atoms with Gasteiger partial charge in [0.1, 0.15) is 17.0 Å². The summed E-state index contributed by atoms with van der Waals surface area (Å²) in [6, 6.07) is 8.54. The van der Waals surface area contributed by atoms with Crippen molar-refractivity contribution >= 4 is 27.4 Å². The number of rotatable bonds is 0. The van der Waals surface area contributed by atoms with E-state index in [0.717, 1.165) is 23.1 Å². The van der Waals surface area contributed by atoms with Crippen LogP contribution in [0.25, 0.3) is 21.3 Å². The van der Waals surface area contributed by atoms with Crippen LogP contribution in [0, 0.1) is 0 Å². The van der Waals surface area contributed by atoms with E-state index >= 15 is 0 Å². The Morgan fingerprint density at radius 1 is 1.11 bits per heavy atom. The molecule has 3 aromatic rings. The lowest BCUT2D eigenvalue weighted by molar-refractivity contribution is 0.965. The lowest BCUT2D eigenvalue weighted by Gasteiger charge is -2.16. The molecule has 0 radical (unpaired) electrons. The lowest BCUT2D eigenvalue weighted by Crippen LogP contribution is -2.01. The highest BCUT2D eigenvalue weighted by Crippen LogP contribution is 2.44. The average molecular weight is 253 g/mol. The molecule has 0 atom stereocenters. The Hall–Kier alpha value is -1.94. The third-order valence-corrected chi connectivity index (χ3v) is 4.66. The van der Waals surface area contributed by atoms with E-state index in [0.29, 0.717) is 5.82 Å². The summed E-state index contributed by atoms with van der Waals surface area (Å²) in [4.78, 5) is 10.9. The summed E-state index contributed by atoms with van der Waals surface area (Å²) in [7, 11) is 0. The molecule has 1 aliphatic rings. The van der Waals surface area contributed by atoms with Gasteiger partial charge in [-0.3, -0.25) is 0 Å². The fourth-order valence-electron chi connectivity index (χ4n) is 2.69. The van der Waals surface area contributed by atoms with Crippen LogP contribution in [0.5, 0.6) is 0 Å². The number of hydrogen-bond donors (Lipinski definition) is 1. The predicted molar refractivity (Wildman–Crippen MR) is 74.7 cm³/mol. The zero-order valence-corrected chi connectivity index (χ0v) is 10.5. The van der Waals surface area contributed by atoms with Crippen molar-refractivity contribution in [2.45, 2.75) is 12.8 Å². The van der Waals surface area contributed by atoms with Gasteiger partial charge in [-0.05, 0) is 24.0 Å². The second kappa shape index (κ2) is 3.53. The monoisotopic (exact) mass is 253 g/mol. The van der Waals surface area contributed by atoms with E-state index in [1.54, 1.807) is 17.7 Å². The summed E-state index contributed by atoms with van der Waals surface area (Å²) in [6.45, 7) is 0. The quantitative estimate of drug-likeness (QED) is 0.670. The molecule has 0 spiro atoms. The van der Waals surface area contributed by atoms with E-state index < -0.39 is 0 Å². The highest BCUT2D eigenvalue weighted by atomic mass is 32.1. The van der Waals surface area contributed by atoms with Gasteiger partial charge in [-0.25, -0.2) is 9.97 Å². The molecule has 0 aliphatic heterocycles. The molecule has 4 rings (SSSR count). The number of benzene rings is 1. The molecule has 0 fully saturated rings. The van der Waals surface area contributed by atoms with E-state index in [4.69, 9.17) is 5.73 Å². The Kier molecular flexibility index (Phi) is 1.96. The largest absolute Gasteiger partial charge is 0.383 e. The maximum absolute atomic E-state index is 6.04. The number of aryl methyl sites for hydroxylation is 2. The number of anilines is 1. The summed E-state index contributed by atoms with van der Waals surface area (Å²) >= 11 is 1.75. The van der Waals surface area contributed by atoms with Gasteiger partial charge in [0.25, 0.3) is 0 Å². The van der Waals surface area contributed by atoms with Gasteiger partial charge in [-0.1, -0.05) is 24.3 Å². The standard InChI is InChI=1S/C14H11N3S/c15-13-12-11-9-4-2-1-3-8(9)5-6-10(11)18-14(12)17-7-16-13/h1-4,7H,5-6H2,(H2,15,16,17). The summed E-state index contributed by atoms with van der Waals surface area (Å²) in [5.74, 6) is 0.592. The zero-order chi connectivity index (χ0) is 12.1. The van der Waals surface area contributed by atoms with Crippen molar-refractivity contribution in [3.8, 4) is 11.1 Å². The smallest absolute Gasteiger partial charge is 0.136 e. The molecule has 0 saturated heterocycles. The number of fused-ring (bicyclic) bond motifs is 5. The van der Waals surface area contributed by atoms with Gasteiger partial charge in [0.2, 0.25) is 0 Å². The van der Waals surface area contributed by atoms with Crippen LogP contribution >= 0.6 is 11.3 Å². The molecule has 0 bridgehead atoms. The van der Waals surface area contributed by atoms with E-state index in [2.05, 4.69) is 34.2 Å². The van der Waals surface area contributed by atoms with Gasteiger partial charge in [-0.2, -0.15) is 0 Å². The fraction of sp³-hybridized carbons (Fsp3) is 0.143. The third-order valence-electron chi connectivity index (χ3n) is 3.50. The predicted octanol–water partition coefficient (Wildman–Crippen LogP) is 3.04. The van der Waals surface area contributed by atoms with Gasteiger partial charge >= 0.3 is 0 Å². The van der Waals surface area contributed by atoms with Crippen LogP contribution in [0.3, 0.4) is 0 Å². The molecule has 2 heterocycles. The fourth-order valence-corrected chi connectivity index (χ4v) is 3.85. The van der Waals surface area contributed by atoms with Crippen LogP contribution < -0.4 is 5.73 Å². The Morgan fingerprint density at radius 2 is 2.00 bits per heavy atom. The summed E-state index contributed by atoms with van der Waals surface area (Å²) < 4.78 is 0. The van der Waals surface area contributed by atoms with Crippen LogP contribution in [0.1, 0.15) is 10.4 Å². The van der Waals surface area contributed by atoms with Gasteiger partial charge in [-0.15, -0.1) is 11.3 Å². The molecule has 0 amide bonds. The first kappa shape index (κ1) is 10.0. The molecular formula is C14H11N3S. The SMILES string of the molecule is Nc1ncnc2sc3c(c12)-c1ccccc1CC3. The average Bonchev–Trinajstić information content (AvgIpc) is 2.79. The van der Waals surface area contributed by atoms with E-state index in [1.807, 2.05) is 0 Å². The zero-order valence-electron chi connectivity index (χ0n) is 9.68. The molecule has 3 nitrogen and oxygen atoms in total. The van der Waals surface area contributed by atoms with Crippen molar-refractivity contribution in [1.82, 2.24) is 9.97 Å². The molecular weight excluding hydrogens is 242 g/mol. The number of thiophene rings is 1. The molecule has 2 N–H and O–H groups in total. The summed E-state index contributed by atoms with van der Waals surface area (Å²) in [5, 5.41) is 1.03. The second-order valence-corrected chi connectivity index (χ2v) is 5.58. The molecule has 0 saturated carbocycles. The number of nitrogens with two attached hydrogens (primary N) is 1. The molecule has 2 aromatic heterocycles. The minimum atomic E-state index is 0.592. The van der Waals surface area contributed by atoms with E-state index in [1.165, 1.54) is 21.6 Å². The van der Waals surface area contributed by atoms with Crippen LogP contribution in [0.15, 0.2) is 30.6 Å². The maximum atomic E-state index is 6.04. The lowest BCUT2D eigenvalue weighted by atomic mass is 9.89. The van der Waals surface area contributed by atoms with E-state index in [9.17, 15) is 0 Å². The van der Waals surface area contributed by atoms with Crippen molar-refractivity contribution in [3.05, 3.63) is 41.0 Å². The summed E-state index contributed by atoms with van der Waals surface area (Å²) in [5.41, 5.74) is 9.99. The highest BCUT2D eigenvalue weighted by Gasteiger charge is 2.22. The first-order chi connectivity index (χ1) is 8.84. The van der Waals surface area contributed by atoms with Crippen LogP contribution in [-0.2, 0) is 12.8 Å². The number of nitrogen functional groups attached to an aromatic ring is 1. The third kappa shape index (κ3) is 1.24. The number of nitrogens with zero attached hydrogens (tertiary/aromatic N) is 2. The minimum Gasteiger partial charge on any atom is -0.383 e. The van der Waals surface area contributed by atoms with Gasteiger partial charge in [0.05, 0.1) is 5.39 Å². The molecule has 18 heavy (non-hydrogen) atoms. The Balaban J connectivity index is 2.17. The Labute approximate surface area is 108 Å². The molecule has 1 aliphatic carbocycles. The van der Waals surface area contributed by atoms with Crippen molar-refractivity contribution in [1.29, 1.82) is 0 Å².